The molecule has 0 radical (unpaired) electrons. The summed E-state index contributed by atoms with van der Waals surface area (Å²) in [5.41, 5.74) is 9.28. The number of anilines is 4. The number of nitrogens with zero attached hydrogens (tertiary/aromatic N) is 7. The van der Waals surface area contributed by atoms with Gasteiger partial charge in [0, 0.05) is 11.4 Å². The molecular weight excluding hydrogens is 767 g/mol. The molecule has 0 aliphatic rings. The van der Waals surface area contributed by atoms with Crippen LogP contribution in [0.15, 0.2) is 147 Å². The Labute approximate surface area is 340 Å². The summed E-state index contributed by atoms with van der Waals surface area (Å²) in [6.07, 6.45) is 7.43. The maximum Gasteiger partial charge on any atom is 0.673 e. The number of para-hydroxylation sites is 4. The maximum atomic E-state index is 9.75. The highest BCUT2D eigenvalue weighted by atomic mass is 35.5. The van der Waals surface area contributed by atoms with Crippen LogP contribution in [0, 0.1) is 5.41 Å². The van der Waals surface area contributed by atoms with E-state index in [0.29, 0.717) is 5.82 Å². The van der Waals surface area contributed by atoms with Crippen molar-refractivity contribution in [1.29, 1.82) is 5.41 Å². The van der Waals surface area contributed by atoms with E-state index in [2.05, 4.69) is 85.7 Å². The van der Waals surface area contributed by atoms with E-state index in [1.165, 1.54) is 5.67 Å². The summed E-state index contributed by atoms with van der Waals surface area (Å²) in [5, 5.41) is 12.5. The molecule has 300 valence electrons. The smallest absolute Gasteiger partial charge is 0.418 e. The van der Waals surface area contributed by atoms with Crippen molar-refractivity contribution in [3.05, 3.63) is 158 Å². The van der Waals surface area contributed by atoms with Crippen molar-refractivity contribution >= 4 is 64.7 Å². The van der Waals surface area contributed by atoms with Gasteiger partial charge in [0.25, 0.3) is 5.65 Å². The number of imidazole rings is 1. The Morgan fingerprint density at radius 1 is 0.741 bits per heavy atom. The van der Waals surface area contributed by atoms with E-state index in [1.54, 1.807) is 16.6 Å². The van der Waals surface area contributed by atoms with Gasteiger partial charge in [0.05, 0.1) is 17.6 Å². The molecule has 16 heteroatoms. The summed E-state index contributed by atoms with van der Waals surface area (Å²) in [5.74, 6) is 3.20. The summed E-state index contributed by atoms with van der Waals surface area (Å²) in [7, 11) is -2.26. The Morgan fingerprint density at radius 3 is 1.62 bits per heavy atom. The molecule has 0 spiro atoms. The van der Waals surface area contributed by atoms with Crippen molar-refractivity contribution in [2.75, 3.05) is 24.7 Å². The predicted octanol–water partition coefficient (Wildman–Crippen LogP) is 10.0. The van der Waals surface area contributed by atoms with Gasteiger partial charge in [0.15, 0.2) is 11.6 Å². The molecule has 7 aromatic rings. The van der Waals surface area contributed by atoms with E-state index in [1.807, 2.05) is 117 Å². The fourth-order valence-electron chi connectivity index (χ4n) is 4.78. The third-order valence-electron chi connectivity index (χ3n) is 7.36. The molecule has 0 aliphatic heterocycles. The molecule has 10 nitrogen and oxygen atoms in total. The van der Waals surface area contributed by atoms with Gasteiger partial charge in [-0.05, 0) is 85.4 Å². The molecule has 0 aliphatic carbocycles. The second kappa shape index (κ2) is 24.1. The molecule has 0 atom stereocenters. The number of hydrogen-bond acceptors (Lipinski definition) is 7. The minimum Gasteiger partial charge on any atom is -0.418 e. The van der Waals surface area contributed by atoms with Gasteiger partial charge in [-0.25, -0.2) is 24.1 Å². The third-order valence-corrected chi connectivity index (χ3v) is 7.75. The van der Waals surface area contributed by atoms with Crippen LogP contribution in [-0.4, -0.2) is 62.0 Å². The zero-order valence-corrected chi connectivity index (χ0v) is 33.3. The average molecular weight is 812 g/mol. The molecule has 4 aromatic carbocycles. The first-order valence-corrected chi connectivity index (χ1v) is 18.4. The summed E-state index contributed by atoms with van der Waals surface area (Å²) >= 11 is 5.14. The monoisotopic (exact) mass is 811 g/mol. The maximum absolute atomic E-state index is 9.75. The van der Waals surface area contributed by atoms with Crippen molar-refractivity contribution < 1.29 is 26.4 Å². The largest absolute Gasteiger partial charge is 0.673 e. The molecule has 58 heavy (non-hydrogen) atoms. The van der Waals surface area contributed by atoms with Crippen molar-refractivity contribution in [1.82, 2.24) is 24.5 Å². The molecular formula is C42H45BClF4N10+. The fourth-order valence-corrected chi connectivity index (χ4v) is 4.78. The summed E-state index contributed by atoms with van der Waals surface area (Å²) < 4.78 is 44.9. The topological polar surface area (TPSA) is 111 Å². The number of rotatable bonds is 8. The lowest BCUT2D eigenvalue weighted by Gasteiger charge is -2.13. The van der Waals surface area contributed by atoms with Crippen molar-refractivity contribution in [3.63, 3.8) is 0 Å². The molecule has 3 aromatic heterocycles. The van der Waals surface area contributed by atoms with Gasteiger partial charge >= 0.3 is 12.9 Å². The van der Waals surface area contributed by atoms with E-state index in [0.717, 1.165) is 64.1 Å². The highest BCUT2D eigenvalue weighted by Gasteiger charge is 2.21. The minimum absolute atomic E-state index is 0.715. The van der Waals surface area contributed by atoms with Crippen LogP contribution in [0.3, 0.4) is 0 Å². The highest BCUT2D eigenvalue weighted by molar-refractivity contribution is 6.54. The summed E-state index contributed by atoms with van der Waals surface area (Å²) in [4.78, 5) is 18.6. The van der Waals surface area contributed by atoms with Crippen molar-refractivity contribution in [2.45, 2.75) is 26.7 Å². The molecule has 3 N–H and O–H groups in total. The molecule has 0 saturated heterocycles. The normalized spacial score (nSPS) is 10.0. The van der Waals surface area contributed by atoms with Gasteiger partial charge in [-0.1, -0.05) is 86.6 Å². The van der Waals surface area contributed by atoms with Gasteiger partial charge in [-0.3, -0.25) is 5.41 Å². The summed E-state index contributed by atoms with van der Waals surface area (Å²) in [6.45, 7) is 7.07. The third kappa shape index (κ3) is 15.8. The Kier molecular flexibility index (Phi) is 18.9. The van der Waals surface area contributed by atoms with Gasteiger partial charge < -0.3 is 27.9 Å². The van der Waals surface area contributed by atoms with Crippen molar-refractivity contribution in [3.8, 4) is 11.4 Å². The second-order valence-corrected chi connectivity index (χ2v) is 12.2. The Bertz CT molecular complexity index is 2310. The van der Waals surface area contributed by atoms with E-state index in [4.69, 9.17) is 22.0 Å². The van der Waals surface area contributed by atoms with Crippen LogP contribution in [0.1, 0.15) is 25.2 Å². The zero-order chi connectivity index (χ0) is 42.3. The zero-order valence-electron chi connectivity index (χ0n) is 32.6. The van der Waals surface area contributed by atoms with Crippen LogP contribution >= 0.6 is 11.6 Å². The van der Waals surface area contributed by atoms with Crippen LogP contribution in [0.5, 0.6) is 0 Å². The lowest BCUT2D eigenvalue weighted by atomic mass is 10.3. The quantitative estimate of drug-likeness (QED) is 0.0610. The van der Waals surface area contributed by atoms with E-state index in [-0.39, 0.29) is 0 Å². The standard InChI is InChI=1S/C19H17N4.C18H18N4.C3H7ClN.C2H3N.BF4/c1-2-15-13-20-18-19(21-15)23(17-11-7-4-8-12-17)14-22(18)16-9-5-3-6-10-16;1-2-14-13-19-17(21-15-9-5-3-6-10-15)18(20-14)22-16-11-7-4-8-12-16;1-5(2)3-4;1-2-3;2-1(3,4)5/h3-14H,2H2,1H3;3-13H,2H2,1H3,(H,19,21)(H,20,22);3H,1-2H3;3H,1H2;/q+1;;+1;;-1. The molecule has 0 amide bonds. The number of aryl methyl sites for hydroxylation is 2. The van der Waals surface area contributed by atoms with E-state index >= 15 is 0 Å². The van der Waals surface area contributed by atoms with Gasteiger partial charge in [-0.2, -0.15) is 4.57 Å². The fraction of sp³-hybridized carbons (Fsp3) is 0.143. The highest BCUT2D eigenvalue weighted by Crippen LogP contribution is 2.25. The summed E-state index contributed by atoms with van der Waals surface area (Å²) in [6, 6.07) is 40.4. The van der Waals surface area contributed by atoms with Crippen LogP contribution in [0.4, 0.5) is 40.3 Å². The molecule has 0 saturated carbocycles. The van der Waals surface area contributed by atoms with Crippen LogP contribution < -0.4 is 15.2 Å². The number of hydrogen-bond donors (Lipinski definition) is 3. The van der Waals surface area contributed by atoms with Crippen LogP contribution in [0.2, 0.25) is 0 Å². The SMILES string of the molecule is C=C=N.CCc1cnc(Nc2ccccc2)c(Nc2ccccc2)n1.CCc1cnc2c(n1)n(-c1ccccc1)c[n+]2-c1ccccc1.C[N+](C)=CCl.F[B-](F)(F)F. The van der Waals surface area contributed by atoms with Gasteiger partial charge in [0.1, 0.15) is 31.7 Å². The number of aromatic nitrogens is 6. The first kappa shape index (κ1) is 45.7. The van der Waals surface area contributed by atoms with E-state index in [9.17, 15) is 17.3 Å². The molecule has 0 fully saturated rings. The number of nitrogens with one attached hydrogen (secondary N) is 3. The molecule has 0 unspecified atom stereocenters. The lowest BCUT2D eigenvalue weighted by molar-refractivity contribution is -0.570. The number of fused-ring (bicyclic) bond motifs is 1. The Morgan fingerprint density at radius 2 is 1.16 bits per heavy atom. The minimum atomic E-state index is -6.00. The Balaban J connectivity index is 0.000000240. The number of benzene rings is 4. The average Bonchev–Trinajstić information content (AvgIpc) is 3.62. The number of halogens is 5. The van der Waals surface area contributed by atoms with Crippen molar-refractivity contribution in [2.24, 2.45) is 0 Å². The molecule has 7 rings (SSSR count). The molecule has 3 heterocycles. The first-order chi connectivity index (χ1) is 27.9. The first-order valence-electron chi connectivity index (χ1n) is 18.0. The molecule has 0 bridgehead atoms. The predicted molar refractivity (Wildman–Crippen MR) is 228 cm³/mol. The van der Waals surface area contributed by atoms with Crippen LogP contribution in [0.25, 0.3) is 22.7 Å². The Hall–Kier alpha value is -6.70. The second-order valence-electron chi connectivity index (χ2n) is 12.0. The van der Waals surface area contributed by atoms with Gasteiger partial charge in [0.2, 0.25) is 12.0 Å². The van der Waals surface area contributed by atoms with Crippen LogP contribution in [-0.2, 0) is 12.8 Å². The van der Waals surface area contributed by atoms with Gasteiger partial charge in [-0.15, -0.1) is 4.98 Å². The van der Waals surface area contributed by atoms with E-state index < -0.39 is 7.25 Å². The lowest BCUT2D eigenvalue weighted by Crippen LogP contribution is -2.29.